The molecule has 0 saturated heterocycles. The van der Waals surface area contributed by atoms with Gasteiger partial charge in [0, 0.05) is 10.0 Å². The Morgan fingerprint density at radius 3 is 2.72 bits per heavy atom. The summed E-state index contributed by atoms with van der Waals surface area (Å²) in [6, 6.07) is 9.74. The van der Waals surface area contributed by atoms with E-state index in [0.29, 0.717) is 15.6 Å². The minimum Gasteiger partial charge on any atom is -0.486 e. The Morgan fingerprint density at radius 2 is 1.94 bits per heavy atom. The number of hydrogen-bond acceptors (Lipinski definition) is 1. The largest absolute Gasteiger partial charge is 0.486 e. The molecule has 0 amide bonds. The Labute approximate surface area is 123 Å². The third kappa shape index (κ3) is 3.16. The summed E-state index contributed by atoms with van der Waals surface area (Å²) in [6.07, 6.45) is 0. The van der Waals surface area contributed by atoms with Gasteiger partial charge in [-0.1, -0.05) is 51.3 Å². The number of halogens is 4. The van der Waals surface area contributed by atoms with Gasteiger partial charge < -0.3 is 4.74 Å². The summed E-state index contributed by atoms with van der Waals surface area (Å²) < 4.78 is 19.6. The Morgan fingerprint density at radius 1 is 1.17 bits per heavy atom. The molecule has 0 aliphatic heterocycles. The van der Waals surface area contributed by atoms with Crippen LogP contribution in [0.5, 0.6) is 5.75 Å². The van der Waals surface area contributed by atoms with Crippen molar-refractivity contribution in [1.29, 1.82) is 0 Å². The van der Waals surface area contributed by atoms with Gasteiger partial charge in [0.25, 0.3) is 0 Å². The fourth-order valence-corrected chi connectivity index (χ4v) is 2.12. The highest BCUT2D eigenvalue weighted by Crippen LogP contribution is 2.28. The Bertz CT molecular complexity index is 573. The average molecular weight is 350 g/mol. The average Bonchev–Trinajstić information content (AvgIpc) is 2.35. The van der Waals surface area contributed by atoms with Crippen LogP contribution in [0.3, 0.4) is 0 Å². The molecule has 0 atom stereocenters. The van der Waals surface area contributed by atoms with Gasteiger partial charge in [-0.2, -0.15) is 0 Å². The van der Waals surface area contributed by atoms with Gasteiger partial charge in [0.1, 0.15) is 6.61 Å². The van der Waals surface area contributed by atoms with E-state index in [1.165, 1.54) is 6.07 Å². The van der Waals surface area contributed by atoms with E-state index in [9.17, 15) is 4.39 Å². The molecule has 2 rings (SSSR count). The Kier molecular flexibility index (Phi) is 4.49. The van der Waals surface area contributed by atoms with E-state index in [1.807, 2.05) is 0 Å². The topological polar surface area (TPSA) is 9.23 Å². The molecule has 0 heterocycles. The molecule has 2 aromatic carbocycles. The first-order chi connectivity index (χ1) is 8.58. The van der Waals surface area contributed by atoms with Gasteiger partial charge in [0.05, 0.1) is 10.0 Å². The predicted molar refractivity (Wildman–Crippen MR) is 74.9 cm³/mol. The summed E-state index contributed by atoms with van der Waals surface area (Å²) in [6.45, 7) is 0.159. The minimum atomic E-state index is -0.420. The molecule has 0 bridgehead atoms. The van der Waals surface area contributed by atoms with Crippen molar-refractivity contribution in [1.82, 2.24) is 0 Å². The van der Waals surface area contributed by atoms with Crippen LogP contribution in [0.25, 0.3) is 0 Å². The predicted octanol–water partition coefficient (Wildman–Crippen LogP) is 5.47. The lowest BCUT2D eigenvalue weighted by Crippen LogP contribution is -1.98. The van der Waals surface area contributed by atoms with E-state index < -0.39 is 5.82 Å². The molecule has 0 aliphatic rings. The van der Waals surface area contributed by atoms with Gasteiger partial charge in [-0.15, -0.1) is 0 Å². The first-order valence-electron chi connectivity index (χ1n) is 5.08. The van der Waals surface area contributed by atoms with Crippen LogP contribution < -0.4 is 4.74 Å². The molecule has 0 N–H and O–H groups in total. The van der Waals surface area contributed by atoms with Gasteiger partial charge in [-0.25, -0.2) is 4.39 Å². The van der Waals surface area contributed by atoms with Gasteiger partial charge >= 0.3 is 0 Å². The third-order valence-corrected chi connectivity index (χ3v) is 3.66. The first-order valence-corrected chi connectivity index (χ1v) is 6.63. The lowest BCUT2D eigenvalue weighted by Gasteiger charge is -2.09. The zero-order valence-electron chi connectivity index (χ0n) is 9.09. The molecule has 0 aliphatic carbocycles. The van der Waals surface area contributed by atoms with Crippen LogP contribution >= 0.6 is 39.1 Å². The Balaban J connectivity index is 2.16. The maximum atomic E-state index is 13.4. The second kappa shape index (κ2) is 5.91. The summed E-state index contributed by atoms with van der Waals surface area (Å²) in [4.78, 5) is 0. The van der Waals surface area contributed by atoms with Crippen LogP contribution in [-0.4, -0.2) is 0 Å². The number of hydrogen-bond donors (Lipinski definition) is 0. The van der Waals surface area contributed by atoms with Crippen LogP contribution in [0.2, 0.25) is 10.0 Å². The van der Waals surface area contributed by atoms with Crippen molar-refractivity contribution in [2.75, 3.05) is 0 Å². The van der Waals surface area contributed by atoms with Crippen molar-refractivity contribution in [2.45, 2.75) is 6.61 Å². The highest BCUT2D eigenvalue weighted by Gasteiger charge is 2.08. The van der Waals surface area contributed by atoms with E-state index in [2.05, 4.69) is 15.9 Å². The molecule has 1 nitrogen and oxygen atoms in total. The molecular formula is C13H8BrCl2FO. The van der Waals surface area contributed by atoms with Gasteiger partial charge in [-0.05, 0) is 24.3 Å². The second-order valence-electron chi connectivity index (χ2n) is 3.58. The van der Waals surface area contributed by atoms with Crippen LogP contribution in [0.4, 0.5) is 4.39 Å². The Hall–Kier alpha value is -0.770. The molecule has 94 valence electrons. The maximum Gasteiger partial charge on any atom is 0.165 e. The van der Waals surface area contributed by atoms with E-state index in [1.54, 1.807) is 30.3 Å². The van der Waals surface area contributed by atoms with Crippen molar-refractivity contribution in [3.63, 3.8) is 0 Å². The second-order valence-corrected chi connectivity index (χ2v) is 5.28. The monoisotopic (exact) mass is 348 g/mol. The molecule has 0 spiro atoms. The van der Waals surface area contributed by atoms with E-state index >= 15 is 0 Å². The van der Waals surface area contributed by atoms with Crippen molar-refractivity contribution in [3.05, 3.63) is 62.3 Å². The smallest absolute Gasteiger partial charge is 0.165 e. The molecular weight excluding hydrogens is 342 g/mol. The van der Waals surface area contributed by atoms with Crippen molar-refractivity contribution < 1.29 is 9.13 Å². The lowest BCUT2D eigenvalue weighted by molar-refractivity contribution is 0.290. The van der Waals surface area contributed by atoms with Crippen LogP contribution in [0.1, 0.15) is 5.56 Å². The normalized spacial score (nSPS) is 10.4. The molecule has 0 fully saturated rings. The summed E-state index contributed by atoms with van der Waals surface area (Å²) in [5.74, 6) is -0.253. The van der Waals surface area contributed by atoms with Crippen molar-refractivity contribution >= 4 is 39.1 Å². The molecule has 0 radical (unpaired) electrons. The SMILES string of the molecule is Fc1ccc(Br)cc1OCc1cccc(Cl)c1Cl. The van der Waals surface area contributed by atoms with Gasteiger partial charge in [-0.3, -0.25) is 0 Å². The molecule has 0 aromatic heterocycles. The van der Waals surface area contributed by atoms with E-state index in [-0.39, 0.29) is 12.4 Å². The first kappa shape index (κ1) is 13.7. The molecule has 0 saturated carbocycles. The number of benzene rings is 2. The summed E-state index contributed by atoms with van der Waals surface area (Å²) in [5.41, 5.74) is 0.712. The number of ether oxygens (including phenoxy) is 1. The van der Waals surface area contributed by atoms with Crippen LogP contribution in [0, 0.1) is 5.82 Å². The van der Waals surface area contributed by atoms with Gasteiger partial charge in [0.15, 0.2) is 11.6 Å². The van der Waals surface area contributed by atoms with Crippen LogP contribution in [0.15, 0.2) is 40.9 Å². The zero-order valence-corrected chi connectivity index (χ0v) is 12.2. The maximum absolute atomic E-state index is 13.4. The zero-order chi connectivity index (χ0) is 13.1. The minimum absolute atomic E-state index is 0.159. The molecule has 5 heteroatoms. The molecule has 0 unspecified atom stereocenters. The van der Waals surface area contributed by atoms with Gasteiger partial charge in [0.2, 0.25) is 0 Å². The quantitative estimate of drug-likeness (QED) is 0.713. The fraction of sp³-hybridized carbons (Fsp3) is 0.0769. The summed E-state index contributed by atoms with van der Waals surface area (Å²) >= 11 is 15.2. The van der Waals surface area contributed by atoms with Crippen LogP contribution in [-0.2, 0) is 6.61 Å². The lowest BCUT2D eigenvalue weighted by atomic mass is 10.2. The third-order valence-electron chi connectivity index (χ3n) is 2.31. The standard InChI is InChI=1S/C13H8BrCl2FO/c14-9-4-5-11(17)12(6-9)18-7-8-2-1-3-10(15)13(8)16/h1-6H,7H2. The summed E-state index contributed by atoms with van der Waals surface area (Å²) in [7, 11) is 0. The van der Waals surface area contributed by atoms with Crippen molar-refractivity contribution in [2.24, 2.45) is 0 Å². The number of rotatable bonds is 3. The molecule has 18 heavy (non-hydrogen) atoms. The fourth-order valence-electron chi connectivity index (χ4n) is 1.40. The summed E-state index contributed by atoms with van der Waals surface area (Å²) in [5, 5.41) is 0.877. The van der Waals surface area contributed by atoms with E-state index in [0.717, 1.165) is 4.47 Å². The molecule has 2 aromatic rings. The van der Waals surface area contributed by atoms with E-state index in [4.69, 9.17) is 27.9 Å². The highest BCUT2D eigenvalue weighted by molar-refractivity contribution is 9.10. The van der Waals surface area contributed by atoms with Crippen molar-refractivity contribution in [3.8, 4) is 5.75 Å². The highest BCUT2D eigenvalue weighted by atomic mass is 79.9.